The molecule has 2 amide bonds. The van der Waals surface area contributed by atoms with Crippen molar-refractivity contribution in [3.63, 3.8) is 0 Å². The zero-order valence-corrected chi connectivity index (χ0v) is 17.1. The molecule has 10 heteroatoms. The van der Waals surface area contributed by atoms with E-state index in [0.717, 1.165) is 5.56 Å². The Balaban J connectivity index is 1.82. The minimum Gasteiger partial charge on any atom is -0.462 e. The number of carbonyl (C=O) groups is 3. The average molecular weight is 412 g/mol. The van der Waals surface area contributed by atoms with E-state index in [1.165, 1.54) is 23.1 Å². The van der Waals surface area contributed by atoms with Crippen LogP contribution < -0.4 is 10.6 Å². The van der Waals surface area contributed by atoms with E-state index >= 15 is 0 Å². The minimum atomic E-state index is -0.451. The highest BCUT2D eigenvalue weighted by molar-refractivity contribution is 8.01. The van der Waals surface area contributed by atoms with Gasteiger partial charge in [-0.25, -0.2) is 4.79 Å². The average Bonchev–Trinajstić information content (AvgIpc) is 3.18. The number of nitrogens with one attached hydrogen (secondary N) is 2. The highest BCUT2D eigenvalue weighted by atomic mass is 32.2. The molecular weight excluding hydrogens is 390 g/mol. The predicted molar refractivity (Wildman–Crippen MR) is 105 cm³/mol. The van der Waals surface area contributed by atoms with Crippen LogP contribution in [-0.4, -0.2) is 40.6 Å². The molecule has 0 spiro atoms. The second-order valence-electron chi connectivity index (χ2n) is 5.66. The van der Waals surface area contributed by atoms with Gasteiger partial charge in [-0.3, -0.25) is 9.59 Å². The summed E-state index contributed by atoms with van der Waals surface area (Å²) < 4.78 is 9.87. The van der Waals surface area contributed by atoms with Crippen molar-refractivity contribution >= 4 is 51.7 Å². The van der Waals surface area contributed by atoms with Crippen molar-refractivity contribution in [1.29, 1.82) is 0 Å². The highest BCUT2D eigenvalue weighted by Crippen LogP contribution is 2.27. The number of thiophene rings is 1. The number of thioether (sulfide) groups is 1. The van der Waals surface area contributed by atoms with E-state index in [4.69, 9.17) is 9.26 Å². The van der Waals surface area contributed by atoms with E-state index in [2.05, 4.69) is 15.8 Å². The molecule has 2 rings (SSSR count). The van der Waals surface area contributed by atoms with E-state index in [0.29, 0.717) is 28.1 Å². The Kier molecular flexibility index (Phi) is 7.43. The van der Waals surface area contributed by atoms with Crippen molar-refractivity contribution in [3.05, 3.63) is 28.3 Å². The van der Waals surface area contributed by atoms with Gasteiger partial charge in [0.1, 0.15) is 10.6 Å². The fourth-order valence-corrected chi connectivity index (χ4v) is 3.71. The zero-order chi connectivity index (χ0) is 20.0. The number of esters is 1. The number of hydrogen-bond donors (Lipinski definition) is 2. The molecule has 0 saturated carbocycles. The summed E-state index contributed by atoms with van der Waals surface area (Å²) >= 11 is 2.36. The molecule has 0 bridgehead atoms. The van der Waals surface area contributed by atoms with E-state index < -0.39 is 11.2 Å². The van der Waals surface area contributed by atoms with Crippen LogP contribution in [0.5, 0.6) is 0 Å². The van der Waals surface area contributed by atoms with E-state index in [-0.39, 0.29) is 17.6 Å². The maximum atomic E-state index is 12.1. The molecule has 0 aromatic carbocycles. The fraction of sp³-hybridized carbons (Fsp3) is 0.412. The normalized spacial score (nSPS) is 11.7. The van der Waals surface area contributed by atoms with Gasteiger partial charge in [0, 0.05) is 6.07 Å². The Bertz CT molecular complexity index is 830. The van der Waals surface area contributed by atoms with Gasteiger partial charge in [0.2, 0.25) is 11.8 Å². The zero-order valence-electron chi connectivity index (χ0n) is 15.5. The monoisotopic (exact) mass is 411 g/mol. The van der Waals surface area contributed by atoms with Crippen LogP contribution in [0.25, 0.3) is 0 Å². The minimum absolute atomic E-state index is 0.0954. The Morgan fingerprint density at radius 2 is 2.04 bits per heavy atom. The van der Waals surface area contributed by atoms with Crippen molar-refractivity contribution < 1.29 is 23.6 Å². The van der Waals surface area contributed by atoms with E-state index in [9.17, 15) is 14.4 Å². The molecule has 0 unspecified atom stereocenters. The van der Waals surface area contributed by atoms with Gasteiger partial charge in [-0.05, 0) is 39.3 Å². The molecule has 2 aromatic heterocycles. The summed E-state index contributed by atoms with van der Waals surface area (Å²) in [5, 5.41) is 9.18. The molecule has 0 saturated heterocycles. The molecule has 2 aromatic rings. The third-order valence-electron chi connectivity index (χ3n) is 3.35. The molecule has 2 N–H and O–H groups in total. The maximum Gasteiger partial charge on any atom is 0.348 e. The molecule has 146 valence electrons. The number of carbonyl (C=O) groups excluding carboxylic acids is 3. The van der Waals surface area contributed by atoms with Crippen LogP contribution in [-0.2, 0) is 14.3 Å². The van der Waals surface area contributed by atoms with Crippen molar-refractivity contribution in [2.45, 2.75) is 32.9 Å². The van der Waals surface area contributed by atoms with E-state index in [1.54, 1.807) is 39.8 Å². The van der Waals surface area contributed by atoms with Crippen LogP contribution >= 0.6 is 23.1 Å². The SMILES string of the molecule is CCOC(=O)c1sc(NC(=O)CS[C@H](C)C(=O)Nc2cc(C)on2)cc1C. The van der Waals surface area contributed by atoms with Crippen molar-refractivity contribution in [2.75, 3.05) is 23.0 Å². The Morgan fingerprint density at radius 1 is 1.30 bits per heavy atom. The molecule has 27 heavy (non-hydrogen) atoms. The summed E-state index contributed by atoms with van der Waals surface area (Å²) in [4.78, 5) is 36.5. The third-order valence-corrected chi connectivity index (χ3v) is 5.63. The van der Waals surface area contributed by atoms with Crippen molar-refractivity contribution in [2.24, 2.45) is 0 Å². The summed E-state index contributed by atoms with van der Waals surface area (Å²) in [5.41, 5.74) is 0.747. The topological polar surface area (TPSA) is 111 Å². The smallest absolute Gasteiger partial charge is 0.348 e. The molecule has 0 fully saturated rings. The number of amides is 2. The Hall–Kier alpha value is -2.33. The van der Waals surface area contributed by atoms with Gasteiger partial charge in [0.25, 0.3) is 0 Å². The first-order valence-corrected chi connectivity index (χ1v) is 10.1. The third kappa shape index (κ3) is 6.10. The van der Waals surface area contributed by atoms with Gasteiger partial charge in [0.05, 0.1) is 22.6 Å². The summed E-state index contributed by atoms with van der Waals surface area (Å²) in [7, 11) is 0. The van der Waals surface area contributed by atoms with Gasteiger partial charge >= 0.3 is 5.97 Å². The van der Waals surface area contributed by atoms with Gasteiger partial charge in [-0.15, -0.1) is 23.1 Å². The quantitative estimate of drug-likeness (QED) is 0.642. The van der Waals surface area contributed by atoms with Crippen LogP contribution in [0.15, 0.2) is 16.7 Å². The second kappa shape index (κ2) is 9.56. The highest BCUT2D eigenvalue weighted by Gasteiger charge is 2.19. The summed E-state index contributed by atoms with van der Waals surface area (Å²) in [6.07, 6.45) is 0. The molecule has 0 aliphatic heterocycles. The lowest BCUT2D eigenvalue weighted by atomic mass is 10.3. The van der Waals surface area contributed by atoms with Crippen molar-refractivity contribution in [3.8, 4) is 0 Å². The van der Waals surface area contributed by atoms with Gasteiger partial charge in [-0.1, -0.05) is 5.16 Å². The molecular formula is C17H21N3O5S2. The van der Waals surface area contributed by atoms with Crippen LogP contribution in [0.4, 0.5) is 10.8 Å². The largest absolute Gasteiger partial charge is 0.462 e. The van der Waals surface area contributed by atoms with Crippen molar-refractivity contribution in [1.82, 2.24) is 5.16 Å². The van der Waals surface area contributed by atoms with E-state index in [1.807, 2.05) is 0 Å². The maximum absolute atomic E-state index is 12.1. The molecule has 0 aliphatic rings. The first-order valence-electron chi connectivity index (χ1n) is 8.23. The van der Waals surface area contributed by atoms with Gasteiger partial charge in [-0.2, -0.15) is 0 Å². The Morgan fingerprint density at radius 3 is 2.67 bits per heavy atom. The predicted octanol–water partition coefficient (Wildman–Crippen LogP) is 3.23. The van der Waals surface area contributed by atoms with Crippen LogP contribution in [0.2, 0.25) is 0 Å². The van der Waals surface area contributed by atoms with Gasteiger partial charge in [0.15, 0.2) is 5.82 Å². The molecule has 0 radical (unpaired) electrons. The van der Waals surface area contributed by atoms with Crippen LogP contribution in [0, 0.1) is 13.8 Å². The standard InChI is InChI=1S/C17H21N3O5S2/c1-5-24-17(23)15-9(2)6-14(27-15)19-13(21)8-26-11(4)16(22)18-12-7-10(3)25-20-12/h6-7,11H,5,8H2,1-4H3,(H,19,21)(H,18,20,22)/t11-/m1/s1. The number of ether oxygens (including phenoxy) is 1. The van der Waals surface area contributed by atoms with Crippen LogP contribution in [0.1, 0.15) is 34.8 Å². The summed E-state index contributed by atoms with van der Waals surface area (Å²) in [5.74, 6) is 0.112. The molecule has 0 aliphatic carbocycles. The second-order valence-corrected chi connectivity index (χ2v) is 8.04. The first kappa shape index (κ1) is 21.0. The molecule has 8 nitrogen and oxygen atoms in total. The number of anilines is 2. The number of rotatable bonds is 8. The molecule has 2 heterocycles. The van der Waals surface area contributed by atoms with Crippen LogP contribution in [0.3, 0.4) is 0 Å². The summed E-state index contributed by atoms with van der Waals surface area (Å²) in [6.45, 7) is 7.24. The Labute approximate surface area is 165 Å². The first-order chi connectivity index (χ1) is 12.8. The van der Waals surface area contributed by atoms with Gasteiger partial charge < -0.3 is 19.9 Å². The number of nitrogens with zero attached hydrogens (tertiary/aromatic N) is 1. The lowest BCUT2D eigenvalue weighted by Gasteiger charge is -2.10. The number of aromatic nitrogens is 1. The fourth-order valence-electron chi connectivity index (χ4n) is 2.05. The number of aryl methyl sites for hydroxylation is 2. The number of hydrogen-bond acceptors (Lipinski definition) is 8. The summed E-state index contributed by atoms with van der Waals surface area (Å²) in [6, 6.07) is 3.34. The lowest BCUT2D eigenvalue weighted by molar-refractivity contribution is -0.115. The molecule has 1 atom stereocenters. The lowest BCUT2D eigenvalue weighted by Crippen LogP contribution is -2.25.